The second kappa shape index (κ2) is 10.7. The van der Waals surface area contributed by atoms with Crippen LogP contribution in [0.3, 0.4) is 0 Å². The van der Waals surface area contributed by atoms with Crippen molar-refractivity contribution in [2.75, 3.05) is 6.61 Å². The predicted molar refractivity (Wildman–Crippen MR) is 56.0 cm³/mol. The second-order valence-corrected chi connectivity index (χ2v) is 2.91. The van der Waals surface area contributed by atoms with E-state index in [4.69, 9.17) is 4.74 Å². The van der Waals surface area contributed by atoms with Gasteiger partial charge in [-0.15, -0.1) is 12.1 Å². The van der Waals surface area contributed by atoms with Crippen molar-refractivity contribution in [3.8, 4) is 5.75 Å². The Morgan fingerprint density at radius 3 is 2.73 bits per heavy atom. The number of ether oxygens (including phenoxy) is 1. The summed E-state index contributed by atoms with van der Waals surface area (Å²) in [5, 5.41) is 0. The number of hydrogen-bond acceptors (Lipinski definition) is 1. The Morgan fingerprint density at radius 2 is 2.13 bits per heavy atom. The van der Waals surface area contributed by atoms with Gasteiger partial charge in [-0.2, -0.15) is 12.1 Å². The molecule has 0 amide bonds. The first kappa shape index (κ1) is 17.6. The Bertz CT molecular complexity index is 258. The zero-order chi connectivity index (χ0) is 9.52. The van der Waals surface area contributed by atoms with E-state index >= 15 is 0 Å². The van der Waals surface area contributed by atoms with E-state index in [1.165, 1.54) is 18.2 Å². The van der Waals surface area contributed by atoms with Crippen molar-refractivity contribution in [2.24, 2.45) is 0 Å². The Kier molecular flexibility index (Phi) is 12.6. The fraction of sp³-hybridized carbons (Fsp3) is 0.455. The van der Waals surface area contributed by atoms with Crippen LogP contribution in [0, 0.1) is 11.9 Å². The third kappa shape index (κ3) is 7.14. The van der Waals surface area contributed by atoms with Gasteiger partial charge >= 0.3 is 23.1 Å². The van der Waals surface area contributed by atoms with Crippen LogP contribution in [-0.4, -0.2) is 29.7 Å². The molecule has 0 aliphatic carbocycles. The van der Waals surface area contributed by atoms with Crippen LogP contribution in [0.15, 0.2) is 18.2 Å². The standard InChI is InChI=1S/C11H14FO.BrH.Mg/c1-2-3-6-9-13-11-8-5-4-7-10(11)12;;/h4,7-8H,2-3,6,9H2,1H3;1H;/q-1;;+2/p-1. The summed E-state index contributed by atoms with van der Waals surface area (Å²) in [6.07, 6.45) is 3.25. The molecule has 0 radical (unpaired) electrons. The van der Waals surface area contributed by atoms with E-state index in [0.29, 0.717) is 12.4 Å². The van der Waals surface area contributed by atoms with Gasteiger partial charge in [-0.3, -0.25) is 0 Å². The van der Waals surface area contributed by atoms with Gasteiger partial charge in [0.05, 0.1) is 12.4 Å². The van der Waals surface area contributed by atoms with Gasteiger partial charge in [0.15, 0.2) is 0 Å². The molecule has 0 saturated heterocycles. The van der Waals surface area contributed by atoms with Crippen LogP contribution in [0.2, 0.25) is 0 Å². The first-order chi connectivity index (χ1) is 6.34. The summed E-state index contributed by atoms with van der Waals surface area (Å²) in [5.41, 5.74) is 0. The third-order valence-electron chi connectivity index (χ3n) is 1.78. The quantitative estimate of drug-likeness (QED) is 0.414. The molecule has 1 aromatic carbocycles. The molecule has 0 atom stereocenters. The first-order valence-electron chi connectivity index (χ1n) is 4.63. The van der Waals surface area contributed by atoms with Gasteiger partial charge < -0.3 is 21.7 Å². The van der Waals surface area contributed by atoms with Crippen molar-refractivity contribution in [2.45, 2.75) is 26.2 Å². The van der Waals surface area contributed by atoms with Crippen LogP contribution in [-0.2, 0) is 0 Å². The topological polar surface area (TPSA) is 9.23 Å². The molecule has 0 unspecified atom stereocenters. The molecule has 0 aliphatic rings. The molecule has 0 bridgehead atoms. The largest absolute Gasteiger partial charge is 2.00 e. The molecule has 0 fully saturated rings. The molecule has 15 heavy (non-hydrogen) atoms. The molecule has 0 aliphatic heterocycles. The summed E-state index contributed by atoms with van der Waals surface area (Å²) < 4.78 is 18.2. The molecule has 0 spiro atoms. The molecule has 4 heteroatoms. The van der Waals surface area contributed by atoms with Crippen LogP contribution in [0.25, 0.3) is 0 Å². The van der Waals surface area contributed by atoms with E-state index in [0.717, 1.165) is 19.3 Å². The molecule has 0 heterocycles. The molecule has 1 aromatic rings. The van der Waals surface area contributed by atoms with E-state index in [2.05, 4.69) is 13.0 Å². The molecule has 0 N–H and O–H groups in total. The van der Waals surface area contributed by atoms with Crippen molar-refractivity contribution in [1.29, 1.82) is 0 Å². The molecule has 1 nitrogen and oxygen atoms in total. The SMILES string of the molecule is CCCCCOc1c[c-]ccc1F.[Br-].[Mg+2]. The fourth-order valence-corrected chi connectivity index (χ4v) is 1.04. The van der Waals surface area contributed by atoms with Crippen molar-refractivity contribution < 1.29 is 26.1 Å². The van der Waals surface area contributed by atoms with Gasteiger partial charge in [-0.05, 0) is 6.42 Å². The zero-order valence-corrected chi connectivity index (χ0v) is 11.9. The van der Waals surface area contributed by atoms with E-state index in [9.17, 15) is 4.39 Å². The van der Waals surface area contributed by atoms with Gasteiger partial charge in [0.2, 0.25) is 0 Å². The number of benzene rings is 1. The maximum atomic E-state index is 13.0. The van der Waals surface area contributed by atoms with Gasteiger partial charge in [-0.25, -0.2) is 4.39 Å². The molecule has 0 saturated carbocycles. The van der Waals surface area contributed by atoms with Crippen molar-refractivity contribution in [1.82, 2.24) is 0 Å². The average molecular weight is 285 g/mol. The van der Waals surface area contributed by atoms with Crippen molar-refractivity contribution in [3.63, 3.8) is 0 Å². The summed E-state index contributed by atoms with van der Waals surface area (Å²) in [7, 11) is 0. The van der Waals surface area contributed by atoms with Crippen LogP contribution in [0.1, 0.15) is 26.2 Å². The molecular weight excluding hydrogens is 271 g/mol. The fourth-order valence-electron chi connectivity index (χ4n) is 1.04. The molecule has 80 valence electrons. The second-order valence-electron chi connectivity index (χ2n) is 2.91. The third-order valence-corrected chi connectivity index (χ3v) is 1.78. The predicted octanol–water partition coefficient (Wildman–Crippen LogP) is -0.182. The first-order valence-corrected chi connectivity index (χ1v) is 4.63. The van der Waals surface area contributed by atoms with Crippen LogP contribution >= 0.6 is 0 Å². The maximum Gasteiger partial charge on any atom is 2.00 e. The normalized spacial score (nSPS) is 8.67. The number of unbranched alkanes of at least 4 members (excludes halogenated alkanes) is 2. The Morgan fingerprint density at radius 1 is 1.40 bits per heavy atom. The smallest absolute Gasteiger partial charge is 1.00 e. The van der Waals surface area contributed by atoms with E-state index < -0.39 is 0 Å². The maximum absolute atomic E-state index is 13.0. The summed E-state index contributed by atoms with van der Waals surface area (Å²) in [6.45, 7) is 2.71. The van der Waals surface area contributed by atoms with Crippen molar-refractivity contribution >= 4 is 23.1 Å². The molecule has 0 aromatic heterocycles. The van der Waals surface area contributed by atoms with E-state index in [1.54, 1.807) is 0 Å². The van der Waals surface area contributed by atoms with Crippen LogP contribution in [0.5, 0.6) is 5.75 Å². The Balaban J connectivity index is 0. The van der Waals surface area contributed by atoms with Crippen LogP contribution in [0.4, 0.5) is 4.39 Å². The summed E-state index contributed by atoms with van der Waals surface area (Å²) in [4.78, 5) is 0. The molecule has 1 rings (SSSR count). The zero-order valence-electron chi connectivity index (χ0n) is 8.93. The number of hydrogen-bond donors (Lipinski definition) is 0. The van der Waals surface area contributed by atoms with Gasteiger partial charge in [0.25, 0.3) is 0 Å². The Hall–Kier alpha value is 0.196. The van der Waals surface area contributed by atoms with Crippen LogP contribution < -0.4 is 21.7 Å². The summed E-state index contributed by atoms with van der Waals surface area (Å²) in [6, 6.07) is 7.20. The van der Waals surface area contributed by atoms with Crippen molar-refractivity contribution in [3.05, 3.63) is 30.1 Å². The monoisotopic (exact) mass is 284 g/mol. The number of rotatable bonds is 5. The van der Waals surface area contributed by atoms with Gasteiger partial charge in [-0.1, -0.05) is 19.8 Å². The average Bonchev–Trinajstić information content (AvgIpc) is 2.15. The van der Waals surface area contributed by atoms with Gasteiger partial charge in [0.1, 0.15) is 0 Å². The molecular formula is C11H14BrFMgO. The summed E-state index contributed by atoms with van der Waals surface area (Å²) in [5.74, 6) is -0.00569. The Labute approximate surface area is 117 Å². The minimum Gasteiger partial charge on any atom is -1.00 e. The minimum atomic E-state index is -0.310. The van der Waals surface area contributed by atoms with E-state index in [1.807, 2.05) is 0 Å². The minimum absolute atomic E-state index is 0. The van der Waals surface area contributed by atoms with E-state index in [-0.39, 0.29) is 45.9 Å². The van der Waals surface area contributed by atoms with Gasteiger partial charge in [0, 0.05) is 5.75 Å². The summed E-state index contributed by atoms with van der Waals surface area (Å²) >= 11 is 0. The number of halogens is 2.